The lowest BCUT2D eigenvalue weighted by Gasteiger charge is -2.20. The first-order valence-corrected chi connectivity index (χ1v) is 16.5. The average Bonchev–Trinajstić information content (AvgIpc) is 3.18. The maximum absolute atomic E-state index is 9.19. The van der Waals surface area contributed by atoms with Crippen LogP contribution in [0, 0.1) is 17.2 Å². The van der Waals surface area contributed by atoms with E-state index in [0.717, 1.165) is 44.8 Å². The van der Waals surface area contributed by atoms with E-state index in [4.69, 9.17) is 15.0 Å². The third-order valence-corrected chi connectivity index (χ3v) is 9.30. The van der Waals surface area contributed by atoms with Gasteiger partial charge in [0.05, 0.1) is 11.6 Å². The van der Waals surface area contributed by atoms with Crippen LogP contribution in [0.1, 0.15) is 24.2 Å². The van der Waals surface area contributed by atoms with Gasteiger partial charge in [0.2, 0.25) is 0 Å². The van der Waals surface area contributed by atoms with E-state index in [1.54, 1.807) is 0 Å². The second kappa shape index (κ2) is 13.0. The number of benzene rings is 6. The molecule has 0 amide bonds. The third kappa shape index (κ3) is 5.95. The number of aromatic nitrogens is 3. The Hall–Kier alpha value is -6.44. The Morgan fingerprint density at radius 2 is 1.08 bits per heavy atom. The molecule has 2 unspecified atom stereocenters. The van der Waals surface area contributed by atoms with Crippen LogP contribution in [-0.4, -0.2) is 15.0 Å². The normalized spacial score (nSPS) is 15.3. The number of nitriles is 1. The maximum Gasteiger partial charge on any atom is 0.163 e. The fourth-order valence-electron chi connectivity index (χ4n) is 6.61. The predicted molar refractivity (Wildman–Crippen MR) is 199 cm³/mol. The van der Waals surface area contributed by atoms with Crippen molar-refractivity contribution in [2.24, 2.45) is 5.92 Å². The molecule has 0 radical (unpaired) electrons. The van der Waals surface area contributed by atoms with Gasteiger partial charge in [-0.2, -0.15) is 5.26 Å². The molecule has 1 heterocycles. The van der Waals surface area contributed by atoms with Crippen molar-refractivity contribution < 1.29 is 0 Å². The van der Waals surface area contributed by atoms with E-state index < -0.39 is 0 Å². The molecule has 0 spiro atoms. The summed E-state index contributed by atoms with van der Waals surface area (Å²) in [7, 11) is 0. The topological polar surface area (TPSA) is 62.5 Å². The molecule has 1 aromatic heterocycles. The summed E-state index contributed by atoms with van der Waals surface area (Å²) in [5.74, 6) is 2.49. The van der Waals surface area contributed by atoms with Crippen LogP contribution in [0.4, 0.5) is 0 Å². The van der Waals surface area contributed by atoms with E-state index in [1.165, 1.54) is 16.3 Å². The highest BCUT2D eigenvalue weighted by Gasteiger charge is 2.22. The zero-order valence-corrected chi connectivity index (χ0v) is 27.0. The number of fused-ring (bicyclic) bond motifs is 1. The SMILES string of the molecule is CC1C=CC=CC1c1nc(-c2ccccc2)nc(-c2ccc(-c3c(-c4ccc(-c5ccc(C#N)cc5)cc4)ccc4ccccc34)cc2)n1. The molecule has 1 aliphatic carbocycles. The van der Waals surface area contributed by atoms with Gasteiger partial charge in [-0.05, 0) is 62.2 Å². The highest BCUT2D eigenvalue weighted by Crippen LogP contribution is 2.40. The zero-order valence-electron chi connectivity index (χ0n) is 27.0. The minimum atomic E-state index is 0.0787. The fourth-order valence-corrected chi connectivity index (χ4v) is 6.61. The first kappa shape index (κ1) is 29.9. The standard InChI is InChI=1S/C45H32N4/c1-30-9-5-7-13-39(30)45-48-43(37-11-3-2-4-12-37)47-44(49-45)38-25-23-36(24-26-38)42-40-14-8-6-10-34(40)27-28-41(42)35-21-19-33(20-22-35)32-17-15-31(29-46)16-18-32/h2-28,30,39H,1H3. The molecular formula is C45H32N4. The quantitative estimate of drug-likeness (QED) is 0.184. The van der Waals surface area contributed by atoms with Gasteiger partial charge in [-0.25, -0.2) is 15.0 Å². The van der Waals surface area contributed by atoms with E-state index in [-0.39, 0.29) is 11.8 Å². The van der Waals surface area contributed by atoms with Crippen LogP contribution >= 0.6 is 0 Å². The summed E-state index contributed by atoms with van der Waals surface area (Å²) in [4.78, 5) is 15.0. The largest absolute Gasteiger partial charge is 0.212 e. The van der Waals surface area contributed by atoms with Crippen LogP contribution in [-0.2, 0) is 0 Å². The molecule has 4 heteroatoms. The van der Waals surface area contributed by atoms with E-state index >= 15 is 0 Å². The molecule has 4 nitrogen and oxygen atoms in total. The molecule has 0 fully saturated rings. The Bertz CT molecular complexity index is 2380. The summed E-state index contributed by atoms with van der Waals surface area (Å²) in [6.45, 7) is 2.20. The highest BCUT2D eigenvalue weighted by atomic mass is 15.0. The monoisotopic (exact) mass is 628 g/mol. The summed E-state index contributed by atoms with van der Waals surface area (Å²) >= 11 is 0. The molecule has 0 saturated carbocycles. The molecule has 7 aromatic rings. The van der Waals surface area contributed by atoms with Gasteiger partial charge in [-0.15, -0.1) is 0 Å². The van der Waals surface area contributed by atoms with E-state index in [2.05, 4.69) is 122 Å². The van der Waals surface area contributed by atoms with Gasteiger partial charge in [0.15, 0.2) is 11.6 Å². The van der Waals surface area contributed by atoms with Crippen molar-refractivity contribution in [2.75, 3.05) is 0 Å². The molecule has 8 rings (SSSR count). The minimum Gasteiger partial charge on any atom is -0.212 e. The van der Waals surface area contributed by atoms with Crippen LogP contribution in [0.5, 0.6) is 0 Å². The summed E-state index contributed by atoms with van der Waals surface area (Å²) in [5, 5.41) is 11.6. The molecule has 0 bridgehead atoms. The van der Waals surface area contributed by atoms with Crippen molar-refractivity contribution >= 4 is 10.8 Å². The van der Waals surface area contributed by atoms with Crippen molar-refractivity contribution in [3.63, 3.8) is 0 Å². The molecule has 232 valence electrons. The Labute approximate surface area is 286 Å². The molecule has 0 saturated heterocycles. The second-order valence-corrected chi connectivity index (χ2v) is 12.4. The van der Waals surface area contributed by atoms with Crippen LogP contribution in [0.2, 0.25) is 0 Å². The van der Waals surface area contributed by atoms with Crippen molar-refractivity contribution in [3.8, 4) is 62.2 Å². The number of hydrogen-bond acceptors (Lipinski definition) is 4. The lowest BCUT2D eigenvalue weighted by atomic mass is 9.88. The summed E-state index contributed by atoms with van der Waals surface area (Å²) in [6, 6.07) is 50.3. The number of nitrogens with zero attached hydrogens (tertiary/aromatic N) is 4. The van der Waals surface area contributed by atoms with Gasteiger partial charge in [-0.1, -0.05) is 159 Å². The van der Waals surface area contributed by atoms with Gasteiger partial charge in [0.25, 0.3) is 0 Å². The second-order valence-electron chi connectivity index (χ2n) is 12.4. The molecule has 2 atom stereocenters. The van der Waals surface area contributed by atoms with Crippen LogP contribution < -0.4 is 0 Å². The van der Waals surface area contributed by atoms with Gasteiger partial charge in [-0.3, -0.25) is 0 Å². The molecule has 1 aliphatic rings. The Morgan fingerprint density at radius 1 is 0.510 bits per heavy atom. The minimum absolute atomic E-state index is 0.0787. The van der Waals surface area contributed by atoms with E-state index in [1.807, 2.05) is 54.6 Å². The molecule has 0 N–H and O–H groups in total. The summed E-state index contributed by atoms with van der Waals surface area (Å²) in [6.07, 6.45) is 8.55. The average molecular weight is 629 g/mol. The smallest absolute Gasteiger partial charge is 0.163 e. The van der Waals surface area contributed by atoms with E-state index in [9.17, 15) is 5.26 Å². The Balaban J connectivity index is 1.20. The van der Waals surface area contributed by atoms with Crippen LogP contribution in [0.25, 0.3) is 66.9 Å². The van der Waals surface area contributed by atoms with Crippen LogP contribution in [0.15, 0.2) is 164 Å². The molecule has 6 aromatic carbocycles. The van der Waals surface area contributed by atoms with Gasteiger partial charge >= 0.3 is 0 Å². The summed E-state index contributed by atoms with van der Waals surface area (Å²) in [5.41, 5.74) is 9.39. The number of allylic oxidation sites excluding steroid dienone is 4. The number of rotatable bonds is 6. The van der Waals surface area contributed by atoms with E-state index in [0.29, 0.717) is 17.2 Å². The van der Waals surface area contributed by atoms with Crippen molar-refractivity contribution in [2.45, 2.75) is 12.8 Å². The van der Waals surface area contributed by atoms with Gasteiger partial charge in [0.1, 0.15) is 5.82 Å². The Kier molecular flexibility index (Phi) is 7.93. The maximum atomic E-state index is 9.19. The molecule has 49 heavy (non-hydrogen) atoms. The highest BCUT2D eigenvalue weighted by molar-refractivity contribution is 6.04. The summed E-state index contributed by atoms with van der Waals surface area (Å²) < 4.78 is 0. The molecular weight excluding hydrogens is 597 g/mol. The number of hydrogen-bond donors (Lipinski definition) is 0. The first-order valence-electron chi connectivity index (χ1n) is 16.5. The third-order valence-electron chi connectivity index (χ3n) is 9.30. The fraction of sp³-hybridized carbons (Fsp3) is 0.0667. The predicted octanol–water partition coefficient (Wildman–Crippen LogP) is 11.1. The van der Waals surface area contributed by atoms with Crippen molar-refractivity contribution in [1.29, 1.82) is 5.26 Å². The lowest BCUT2D eigenvalue weighted by molar-refractivity contribution is 0.600. The lowest BCUT2D eigenvalue weighted by Crippen LogP contribution is -2.13. The molecule has 0 aliphatic heterocycles. The van der Waals surface area contributed by atoms with Crippen LogP contribution in [0.3, 0.4) is 0 Å². The zero-order chi connectivity index (χ0) is 33.2. The first-order chi connectivity index (χ1) is 24.1. The van der Waals surface area contributed by atoms with Crippen molar-refractivity contribution in [3.05, 3.63) is 175 Å². The van der Waals surface area contributed by atoms with Gasteiger partial charge < -0.3 is 0 Å². The van der Waals surface area contributed by atoms with Gasteiger partial charge in [0, 0.05) is 17.0 Å². The Morgan fingerprint density at radius 3 is 1.78 bits per heavy atom. The van der Waals surface area contributed by atoms with Crippen molar-refractivity contribution in [1.82, 2.24) is 15.0 Å².